The Labute approximate surface area is 137 Å². The molecular weight excluding hydrogens is 288 g/mol. The summed E-state index contributed by atoms with van der Waals surface area (Å²) in [5.41, 5.74) is 8.30. The highest BCUT2D eigenvalue weighted by Gasteiger charge is 2.24. The maximum atomic E-state index is 12.2. The quantitative estimate of drug-likeness (QED) is 0.861. The zero-order valence-corrected chi connectivity index (χ0v) is 14.0. The zero-order chi connectivity index (χ0) is 16.9. The summed E-state index contributed by atoms with van der Waals surface area (Å²) in [5, 5.41) is 0. The van der Waals surface area contributed by atoms with E-state index in [-0.39, 0.29) is 18.4 Å². The van der Waals surface area contributed by atoms with Crippen molar-refractivity contribution in [3.63, 3.8) is 0 Å². The van der Waals surface area contributed by atoms with Crippen molar-refractivity contribution in [1.29, 1.82) is 0 Å². The molecule has 4 nitrogen and oxygen atoms in total. The molecule has 0 radical (unpaired) electrons. The van der Waals surface area contributed by atoms with E-state index in [0.29, 0.717) is 6.42 Å². The van der Waals surface area contributed by atoms with Gasteiger partial charge in [0.05, 0.1) is 11.6 Å². The lowest BCUT2D eigenvalue weighted by Crippen LogP contribution is -2.33. The van der Waals surface area contributed by atoms with Gasteiger partial charge in [0, 0.05) is 18.3 Å². The fraction of sp³-hybridized carbons (Fsp3) is 0.368. The monoisotopic (exact) mass is 312 g/mol. The Bertz CT molecular complexity index is 631. The van der Waals surface area contributed by atoms with Crippen LogP contribution in [-0.2, 0) is 16.0 Å². The van der Waals surface area contributed by atoms with E-state index in [2.05, 4.69) is 4.98 Å². The number of hydrogen-bond acceptors (Lipinski definition) is 4. The van der Waals surface area contributed by atoms with Crippen LogP contribution in [0, 0.1) is 5.92 Å². The Morgan fingerprint density at radius 2 is 1.87 bits per heavy atom. The van der Waals surface area contributed by atoms with Crippen LogP contribution >= 0.6 is 0 Å². The molecule has 2 aromatic rings. The smallest absolute Gasteiger partial charge is 0.311 e. The third kappa shape index (κ3) is 5.18. The highest BCUT2D eigenvalue weighted by Crippen LogP contribution is 2.19. The first-order chi connectivity index (χ1) is 10.9. The fourth-order valence-electron chi connectivity index (χ4n) is 2.28. The van der Waals surface area contributed by atoms with Gasteiger partial charge in [-0.25, -0.2) is 0 Å². The van der Waals surface area contributed by atoms with Gasteiger partial charge in [-0.05, 0) is 44.9 Å². The summed E-state index contributed by atoms with van der Waals surface area (Å²) in [6, 6.07) is 13.9. The van der Waals surface area contributed by atoms with Crippen molar-refractivity contribution in [3.05, 3.63) is 54.2 Å². The number of nitrogens with two attached hydrogens (primary N) is 1. The summed E-state index contributed by atoms with van der Waals surface area (Å²) in [7, 11) is 0. The first-order valence-electron chi connectivity index (χ1n) is 7.82. The Kier molecular flexibility index (Phi) is 5.50. The number of carbonyl (C=O) groups is 1. The molecule has 122 valence electrons. The molecule has 0 saturated carbocycles. The number of esters is 1. The molecule has 1 aromatic heterocycles. The number of rotatable bonds is 5. The van der Waals surface area contributed by atoms with Crippen LogP contribution in [0.2, 0.25) is 0 Å². The van der Waals surface area contributed by atoms with Gasteiger partial charge in [-0.2, -0.15) is 0 Å². The Morgan fingerprint density at radius 1 is 1.17 bits per heavy atom. The molecule has 23 heavy (non-hydrogen) atoms. The summed E-state index contributed by atoms with van der Waals surface area (Å²) < 4.78 is 5.43. The van der Waals surface area contributed by atoms with Gasteiger partial charge in [0.25, 0.3) is 0 Å². The number of ether oxygens (including phenoxy) is 1. The molecule has 4 heteroatoms. The SMILES string of the molecule is CC(C)(C)OC(=O)C(CN)Cc1ccc(-c2ccccn2)cc1. The van der Waals surface area contributed by atoms with Gasteiger partial charge in [0.1, 0.15) is 5.60 Å². The third-order valence-electron chi connectivity index (χ3n) is 3.42. The predicted molar refractivity (Wildman–Crippen MR) is 91.8 cm³/mol. The predicted octanol–water partition coefficient (Wildman–Crippen LogP) is 3.21. The number of pyridine rings is 1. The van der Waals surface area contributed by atoms with E-state index in [0.717, 1.165) is 16.8 Å². The molecule has 0 amide bonds. The molecular formula is C19H24N2O2. The molecule has 0 spiro atoms. The van der Waals surface area contributed by atoms with Gasteiger partial charge < -0.3 is 10.5 Å². The van der Waals surface area contributed by atoms with Crippen molar-refractivity contribution < 1.29 is 9.53 Å². The topological polar surface area (TPSA) is 65.2 Å². The van der Waals surface area contributed by atoms with Crippen LogP contribution in [0.4, 0.5) is 0 Å². The molecule has 0 aliphatic rings. The summed E-state index contributed by atoms with van der Waals surface area (Å²) in [4.78, 5) is 16.5. The van der Waals surface area contributed by atoms with Crippen LogP contribution in [0.5, 0.6) is 0 Å². The Morgan fingerprint density at radius 3 is 2.39 bits per heavy atom. The number of benzene rings is 1. The second-order valence-electron chi connectivity index (χ2n) is 6.58. The summed E-state index contributed by atoms with van der Waals surface area (Å²) >= 11 is 0. The van der Waals surface area contributed by atoms with Crippen molar-refractivity contribution >= 4 is 5.97 Å². The maximum absolute atomic E-state index is 12.2. The third-order valence-corrected chi connectivity index (χ3v) is 3.42. The summed E-state index contributed by atoms with van der Waals surface area (Å²) in [5.74, 6) is -0.566. The summed E-state index contributed by atoms with van der Waals surface area (Å²) in [6.07, 6.45) is 2.35. The van der Waals surface area contributed by atoms with E-state index in [9.17, 15) is 4.79 Å². The van der Waals surface area contributed by atoms with Crippen molar-refractivity contribution in [2.24, 2.45) is 11.7 Å². The minimum atomic E-state index is -0.493. The Hall–Kier alpha value is -2.20. The fourth-order valence-corrected chi connectivity index (χ4v) is 2.28. The molecule has 2 rings (SSSR count). The van der Waals surface area contributed by atoms with Crippen LogP contribution in [0.25, 0.3) is 11.3 Å². The normalized spacial score (nSPS) is 12.7. The van der Waals surface area contributed by atoms with Crippen molar-refractivity contribution in [1.82, 2.24) is 4.98 Å². The maximum Gasteiger partial charge on any atom is 0.311 e. The zero-order valence-electron chi connectivity index (χ0n) is 14.0. The van der Waals surface area contributed by atoms with Crippen molar-refractivity contribution in [3.8, 4) is 11.3 Å². The van der Waals surface area contributed by atoms with E-state index < -0.39 is 5.60 Å². The molecule has 0 fully saturated rings. The highest BCUT2D eigenvalue weighted by atomic mass is 16.6. The van der Waals surface area contributed by atoms with Crippen LogP contribution in [0.1, 0.15) is 26.3 Å². The average Bonchev–Trinajstić information content (AvgIpc) is 2.52. The lowest BCUT2D eigenvalue weighted by Gasteiger charge is -2.23. The first kappa shape index (κ1) is 17.2. The standard InChI is InChI=1S/C19H24N2O2/c1-19(2,3)23-18(22)16(13-20)12-14-7-9-15(10-8-14)17-6-4-5-11-21-17/h4-11,16H,12-13,20H2,1-3H3. The summed E-state index contributed by atoms with van der Waals surface area (Å²) in [6.45, 7) is 5.86. The van der Waals surface area contributed by atoms with Crippen molar-refractivity contribution in [2.75, 3.05) is 6.54 Å². The van der Waals surface area contributed by atoms with Gasteiger partial charge in [0.2, 0.25) is 0 Å². The van der Waals surface area contributed by atoms with E-state index in [4.69, 9.17) is 10.5 Å². The number of hydrogen-bond donors (Lipinski definition) is 1. The molecule has 1 heterocycles. The van der Waals surface area contributed by atoms with E-state index >= 15 is 0 Å². The van der Waals surface area contributed by atoms with Crippen LogP contribution in [0.3, 0.4) is 0 Å². The lowest BCUT2D eigenvalue weighted by atomic mass is 9.97. The van der Waals surface area contributed by atoms with Crippen molar-refractivity contribution in [2.45, 2.75) is 32.8 Å². The van der Waals surface area contributed by atoms with Gasteiger partial charge in [0.15, 0.2) is 0 Å². The molecule has 0 saturated heterocycles. The minimum Gasteiger partial charge on any atom is -0.460 e. The molecule has 2 N–H and O–H groups in total. The first-order valence-corrected chi connectivity index (χ1v) is 7.82. The van der Waals surface area contributed by atoms with Gasteiger partial charge in [-0.1, -0.05) is 30.3 Å². The van der Waals surface area contributed by atoms with E-state index in [1.807, 2.05) is 63.2 Å². The largest absolute Gasteiger partial charge is 0.460 e. The van der Waals surface area contributed by atoms with Crippen LogP contribution in [-0.4, -0.2) is 23.1 Å². The molecule has 1 atom stereocenters. The van der Waals surface area contributed by atoms with Gasteiger partial charge in [-0.15, -0.1) is 0 Å². The Balaban J connectivity index is 2.06. The lowest BCUT2D eigenvalue weighted by molar-refractivity contribution is -0.159. The minimum absolute atomic E-state index is 0.242. The van der Waals surface area contributed by atoms with E-state index in [1.165, 1.54) is 0 Å². The second-order valence-corrected chi connectivity index (χ2v) is 6.58. The van der Waals surface area contributed by atoms with Gasteiger partial charge in [-0.3, -0.25) is 9.78 Å². The molecule has 0 aliphatic carbocycles. The average molecular weight is 312 g/mol. The van der Waals surface area contributed by atoms with Crippen LogP contribution in [0.15, 0.2) is 48.7 Å². The number of aromatic nitrogens is 1. The molecule has 0 bridgehead atoms. The molecule has 0 aliphatic heterocycles. The van der Waals surface area contributed by atoms with Gasteiger partial charge >= 0.3 is 5.97 Å². The molecule has 1 unspecified atom stereocenters. The van der Waals surface area contributed by atoms with E-state index in [1.54, 1.807) is 6.20 Å². The molecule has 1 aromatic carbocycles. The number of nitrogens with zero attached hydrogens (tertiary/aromatic N) is 1. The highest BCUT2D eigenvalue weighted by molar-refractivity contribution is 5.73. The number of carbonyl (C=O) groups excluding carboxylic acids is 1. The van der Waals surface area contributed by atoms with Crippen LogP contribution < -0.4 is 5.73 Å². The second kappa shape index (κ2) is 7.38.